The smallest absolute Gasteiger partial charge is 0.356 e. The van der Waals surface area contributed by atoms with E-state index in [1.165, 1.54) is 18.7 Å². The number of allylic oxidation sites excluding steroid dienone is 2. The van der Waals surface area contributed by atoms with E-state index in [4.69, 9.17) is 21.1 Å². The van der Waals surface area contributed by atoms with Crippen molar-refractivity contribution < 1.29 is 18.7 Å². The van der Waals surface area contributed by atoms with Crippen molar-refractivity contribution >= 4 is 34.6 Å². The number of carbonyl (C=O) groups is 1. The van der Waals surface area contributed by atoms with E-state index in [9.17, 15) is 9.18 Å². The van der Waals surface area contributed by atoms with Gasteiger partial charge in [-0.2, -0.15) is 0 Å². The molecule has 3 heterocycles. The predicted molar refractivity (Wildman–Crippen MR) is 158 cm³/mol. The summed E-state index contributed by atoms with van der Waals surface area (Å²) in [6.07, 6.45) is 6.12. The van der Waals surface area contributed by atoms with E-state index in [0.29, 0.717) is 28.9 Å². The Balaban J connectivity index is 1.26. The van der Waals surface area contributed by atoms with E-state index in [1.54, 1.807) is 24.3 Å². The van der Waals surface area contributed by atoms with Crippen LogP contribution in [0.2, 0.25) is 5.02 Å². The highest BCUT2D eigenvalue weighted by Gasteiger charge is 2.37. The number of esters is 1. The SMILES string of the molecule is CC#CCN1c2nc(C(=O)OC)ccc2N(C)C1CC1CC=C(c2cccc(OCc3ccc(Cl)cc3F)n2)CC1. The fraction of sp³-hybridized carbons (Fsp3) is 0.344. The van der Waals surface area contributed by atoms with Crippen molar-refractivity contribution in [2.24, 2.45) is 5.92 Å². The molecule has 212 valence electrons. The lowest BCUT2D eigenvalue weighted by molar-refractivity contribution is 0.0594. The third-order valence-electron chi connectivity index (χ3n) is 7.64. The number of methoxy groups -OCH3 is 1. The summed E-state index contributed by atoms with van der Waals surface area (Å²) in [6.45, 7) is 2.43. The molecule has 7 nitrogen and oxygen atoms in total. The first-order valence-corrected chi connectivity index (χ1v) is 14.0. The Kier molecular flexibility index (Phi) is 8.75. The second-order valence-corrected chi connectivity index (χ2v) is 10.6. The second kappa shape index (κ2) is 12.6. The molecule has 0 saturated carbocycles. The third kappa shape index (κ3) is 6.31. The first-order chi connectivity index (χ1) is 19.9. The van der Waals surface area contributed by atoms with Crippen LogP contribution in [0.1, 0.15) is 54.4 Å². The van der Waals surface area contributed by atoms with E-state index < -0.39 is 11.8 Å². The van der Waals surface area contributed by atoms with Gasteiger partial charge < -0.3 is 19.3 Å². The van der Waals surface area contributed by atoms with E-state index in [0.717, 1.165) is 42.9 Å². The van der Waals surface area contributed by atoms with Crippen LogP contribution in [0.5, 0.6) is 5.88 Å². The van der Waals surface area contributed by atoms with Crippen LogP contribution in [-0.4, -0.2) is 42.8 Å². The largest absolute Gasteiger partial charge is 0.473 e. The molecule has 0 amide bonds. The summed E-state index contributed by atoms with van der Waals surface area (Å²) in [4.78, 5) is 25.9. The Morgan fingerprint density at radius 2 is 2.05 bits per heavy atom. The normalized spacial score (nSPS) is 17.8. The molecule has 0 fully saturated rings. The van der Waals surface area contributed by atoms with Crippen LogP contribution >= 0.6 is 11.6 Å². The lowest BCUT2D eigenvalue weighted by Gasteiger charge is -2.33. The van der Waals surface area contributed by atoms with Crippen molar-refractivity contribution in [2.45, 2.75) is 45.4 Å². The maximum absolute atomic E-state index is 14.1. The number of ether oxygens (including phenoxy) is 2. The minimum absolute atomic E-state index is 0.0762. The molecule has 1 aliphatic heterocycles. The minimum atomic E-state index is -0.453. The summed E-state index contributed by atoms with van der Waals surface area (Å²) in [5.41, 5.74) is 3.76. The molecule has 0 spiro atoms. The lowest BCUT2D eigenvalue weighted by atomic mass is 9.85. The molecule has 0 bridgehead atoms. The maximum atomic E-state index is 14.1. The monoisotopic (exact) mass is 574 g/mol. The summed E-state index contributed by atoms with van der Waals surface area (Å²) >= 11 is 5.85. The number of pyridine rings is 2. The van der Waals surface area contributed by atoms with Crippen LogP contribution in [0.3, 0.4) is 0 Å². The highest BCUT2D eigenvalue weighted by Crippen LogP contribution is 2.41. The molecule has 3 aromatic rings. The Morgan fingerprint density at radius 1 is 1.20 bits per heavy atom. The molecule has 1 aliphatic carbocycles. The summed E-state index contributed by atoms with van der Waals surface area (Å²) in [6, 6.07) is 13.9. The standard InChI is InChI=1S/C32H32ClFN4O3/c1-4-5-17-38-30(37(2)28-16-15-27(32(39)40-3)36-31(28)38)18-21-9-11-22(12-10-21)26-7-6-8-29(35-26)41-20-23-13-14-24(33)19-25(23)34/h6-8,11,13-16,19,21,30H,9-10,12,17-18,20H2,1-3H3. The predicted octanol–water partition coefficient (Wildman–Crippen LogP) is 6.51. The molecule has 2 atom stereocenters. The highest BCUT2D eigenvalue weighted by atomic mass is 35.5. The van der Waals surface area contributed by atoms with Gasteiger partial charge in [-0.3, -0.25) is 0 Å². The number of benzene rings is 1. The number of nitrogens with zero attached hydrogens (tertiary/aromatic N) is 4. The molecular weight excluding hydrogens is 543 g/mol. The average Bonchev–Trinajstić information content (AvgIpc) is 3.25. The minimum Gasteiger partial charge on any atom is -0.473 e. The molecule has 2 aliphatic rings. The van der Waals surface area contributed by atoms with Crippen LogP contribution in [0.25, 0.3) is 5.57 Å². The molecule has 9 heteroatoms. The molecule has 2 unspecified atom stereocenters. The molecule has 0 radical (unpaired) electrons. The Labute approximate surface area is 244 Å². The van der Waals surface area contributed by atoms with E-state index in [1.807, 2.05) is 25.1 Å². The highest BCUT2D eigenvalue weighted by molar-refractivity contribution is 6.30. The second-order valence-electron chi connectivity index (χ2n) is 10.2. The summed E-state index contributed by atoms with van der Waals surface area (Å²) < 4.78 is 24.8. The van der Waals surface area contributed by atoms with Crippen LogP contribution in [-0.2, 0) is 11.3 Å². The lowest BCUT2D eigenvalue weighted by Crippen LogP contribution is -2.43. The summed E-state index contributed by atoms with van der Waals surface area (Å²) in [5, 5.41) is 0.352. The number of hydrogen-bond donors (Lipinski definition) is 0. The molecule has 2 aromatic heterocycles. The van der Waals surface area contributed by atoms with Crippen molar-refractivity contribution in [3.8, 4) is 17.7 Å². The van der Waals surface area contributed by atoms with Gasteiger partial charge in [0.2, 0.25) is 5.88 Å². The Hall–Kier alpha value is -4.09. The van der Waals surface area contributed by atoms with Gasteiger partial charge in [0.25, 0.3) is 0 Å². The zero-order valence-corrected chi connectivity index (χ0v) is 24.1. The number of rotatable bonds is 8. The average molecular weight is 575 g/mol. The van der Waals surface area contributed by atoms with Crippen LogP contribution in [0.4, 0.5) is 15.9 Å². The number of halogens is 2. The van der Waals surface area contributed by atoms with E-state index in [-0.39, 0.29) is 18.5 Å². The quantitative estimate of drug-likeness (QED) is 0.224. The van der Waals surface area contributed by atoms with Gasteiger partial charge in [0, 0.05) is 23.7 Å². The van der Waals surface area contributed by atoms with Crippen molar-refractivity contribution in [1.29, 1.82) is 0 Å². The van der Waals surface area contributed by atoms with Crippen molar-refractivity contribution in [3.05, 3.63) is 82.4 Å². The van der Waals surface area contributed by atoms with Crippen LogP contribution < -0.4 is 14.5 Å². The van der Waals surface area contributed by atoms with Gasteiger partial charge in [-0.05, 0) is 74.4 Å². The van der Waals surface area contributed by atoms with Gasteiger partial charge >= 0.3 is 5.97 Å². The summed E-state index contributed by atoms with van der Waals surface area (Å²) in [7, 11) is 3.43. The van der Waals surface area contributed by atoms with Gasteiger partial charge in [0.15, 0.2) is 11.5 Å². The van der Waals surface area contributed by atoms with Crippen LogP contribution in [0.15, 0.2) is 54.6 Å². The third-order valence-corrected chi connectivity index (χ3v) is 7.88. The maximum Gasteiger partial charge on any atom is 0.356 e. The van der Waals surface area contributed by atoms with Crippen molar-refractivity contribution in [1.82, 2.24) is 9.97 Å². The first kappa shape index (κ1) is 28.4. The van der Waals surface area contributed by atoms with Gasteiger partial charge in [-0.25, -0.2) is 19.2 Å². The number of anilines is 2. The Bertz CT molecular complexity index is 1530. The van der Waals surface area contributed by atoms with Gasteiger partial charge in [0.05, 0.1) is 25.0 Å². The molecule has 41 heavy (non-hydrogen) atoms. The number of hydrogen-bond acceptors (Lipinski definition) is 7. The van der Waals surface area contributed by atoms with Gasteiger partial charge in [-0.1, -0.05) is 35.7 Å². The molecular formula is C32H32ClFN4O3. The first-order valence-electron chi connectivity index (χ1n) is 13.6. The zero-order valence-electron chi connectivity index (χ0n) is 23.4. The van der Waals surface area contributed by atoms with E-state index >= 15 is 0 Å². The summed E-state index contributed by atoms with van der Waals surface area (Å²) in [5.74, 6) is 6.99. The van der Waals surface area contributed by atoms with Gasteiger partial charge in [0.1, 0.15) is 18.6 Å². The number of carbonyl (C=O) groups excluding carboxylic acids is 1. The molecule has 0 N–H and O–H groups in total. The fourth-order valence-electron chi connectivity index (χ4n) is 5.38. The van der Waals surface area contributed by atoms with Crippen LogP contribution in [0, 0.1) is 23.6 Å². The van der Waals surface area contributed by atoms with Crippen molar-refractivity contribution in [3.63, 3.8) is 0 Å². The number of fused-ring (bicyclic) bond motifs is 1. The number of aromatic nitrogens is 2. The molecule has 1 aromatic carbocycles. The fourth-order valence-corrected chi connectivity index (χ4v) is 5.54. The molecule has 5 rings (SSSR count). The Morgan fingerprint density at radius 3 is 2.78 bits per heavy atom. The van der Waals surface area contributed by atoms with E-state index in [2.05, 4.69) is 44.7 Å². The topological polar surface area (TPSA) is 67.8 Å². The molecule has 0 saturated heterocycles. The van der Waals surface area contributed by atoms with Gasteiger partial charge in [-0.15, -0.1) is 5.92 Å². The van der Waals surface area contributed by atoms with Crippen molar-refractivity contribution in [2.75, 3.05) is 30.5 Å². The zero-order chi connectivity index (χ0) is 28.9.